The number of hydrogen-bond donors (Lipinski definition) is 2. The molecule has 0 spiro atoms. The lowest BCUT2D eigenvalue weighted by atomic mass is 10.3. The summed E-state index contributed by atoms with van der Waals surface area (Å²) in [5, 5.41) is 11.3. The lowest BCUT2D eigenvalue weighted by Gasteiger charge is -2.17. The van der Waals surface area contributed by atoms with Crippen LogP contribution >= 0.6 is 0 Å². The minimum atomic E-state index is -0.924. The standard InChI is InChI=1S/C16H23N3O4/c1-19(9-8-15(20)21)16(22)18-11-12-6-7-14(17-10-12)23-13-4-2-3-5-13/h6-7,10,13H,2-5,8-9,11H2,1H3,(H,18,22)(H,20,21). The fraction of sp³-hybridized carbons (Fsp3) is 0.562. The summed E-state index contributed by atoms with van der Waals surface area (Å²) < 4.78 is 5.79. The van der Waals surface area contributed by atoms with Crippen LogP contribution in [0.15, 0.2) is 18.3 Å². The molecule has 23 heavy (non-hydrogen) atoms. The molecule has 2 amide bonds. The second kappa shape index (κ2) is 8.36. The van der Waals surface area contributed by atoms with Gasteiger partial charge in [-0.3, -0.25) is 4.79 Å². The zero-order valence-corrected chi connectivity index (χ0v) is 13.3. The Balaban J connectivity index is 1.74. The molecule has 0 bridgehead atoms. The predicted octanol–water partition coefficient (Wildman–Crippen LogP) is 2.02. The van der Waals surface area contributed by atoms with E-state index in [2.05, 4.69) is 10.3 Å². The molecule has 2 rings (SSSR count). The van der Waals surface area contributed by atoms with E-state index in [4.69, 9.17) is 9.84 Å². The third kappa shape index (κ3) is 5.77. The van der Waals surface area contributed by atoms with Gasteiger partial charge in [0, 0.05) is 32.4 Å². The maximum Gasteiger partial charge on any atom is 0.317 e. The Labute approximate surface area is 135 Å². The lowest BCUT2D eigenvalue weighted by molar-refractivity contribution is -0.137. The summed E-state index contributed by atoms with van der Waals surface area (Å²) in [7, 11) is 1.56. The molecular weight excluding hydrogens is 298 g/mol. The average molecular weight is 321 g/mol. The van der Waals surface area contributed by atoms with Crippen LogP contribution in [0.3, 0.4) is 0 Å². The molecule has 0 saturated heterocycles. The van der Waals surface area contributed by atoms with Crippen molar-refractivity contribution in [2.45, 2.75) is 44.8 Å². The molecule has 0 unspecified atom stereocenters. The zero-order chi connectivity index (χ0) is 16.7. The van der Waals surface area contributed by atoms with Crippen molar-refractivity contribution in [3.8, 4) is 5.88 Å². The topological polar surface area (TPSA) is 91.8 Å². The summed E-state index contributed by atoms with van der Waals surface area (Å²) in [6, 6.07) is 3.38. The molecule has 0 atom stereocenters. The fourth-order valence-corrected chi connectivity index (χ4v) is 2.44. The number of nitrogens with one attached hydrogen (secondary N) is 1. The highest BCUT2D eigenvalue weighted by atomic mass is 16.5. The van der Waals surface area contributed by atoms with Crippen molar-refractivity contribution in [1.82, 2.24) is 15.2 Å². The number of nitrogens with zero attached hydrogens (tertiary/aromatic N) is 2. The van der Waals surface area contributed by atoms with E-state index in [1.54, 1.807) is 13.2 Å². The minimum Gasteiger partial charge on any atom is -0.481 e. The van der Waals surface area contributed by atoms with E-state index in [1.165, 1.54) is 17.7 Å². The van der Waals surface area contributed by atoms with Crippen LogP contribution in [0.5, 0.6) is 5.88 Å². The van der Waals surface area contributed by atoms with Crippen molar-refractivity contribution in [2.24, 2.45) is 0 Å². The number of carbonyl (C=O) groups excluding carboxylic acids is 1. The molecule has 1 aromatic rings. The third-order valence-electron chi connectivity index (χ3n) is 3.84. The molecule has 1 aliphatic rings. The maximum absolute atomic E-state index is 11.8. The number of rotatable bonds is 7. The van der Waals surface area contributed by atoms with Crippen molar-refractivity contribution in [3.05, 3.63) is 23.9 Å². The Kier molecular flexibility index (Phi) is 6.19. The molecule has 0 aromatic carbocycles. The first-order valence-corrected chi connectivity index (χ1v) is 7.87. The van der Waals surface area contributed by atoms with Gasteiger partial charge in [0.25, 0.3) is 0 Å². The van der Waals surface area contributed by atoms with Gasteiger partial charge in [-0.1, -0.05) is 6.07 Å². The number of urea groups is 1. The van der Waals surface area contributed by atoms with E-state index in [1.807, 2.05) is 12.1 Å². The van der Waals surface area contributed by atoms with Gasteiger partial charge in [-0.05, 0) is 31.2 Å². The van der Waals surface area contributed by atoms with Gasteiger partial charge in [0.05, 0.1) is 6.42 Å². The Bertz CT molecular complexity index is 527. The van der Waals surface area contributed by atoms with Gasteiger partial charge in [-0.2, -0.15) is 0 Å². The van der Waals surface area contributed by atoms with Crippen LogP contribution in [-0.4, -0.2) is 46.7 Å². The van der Waals surface area contributed by atoms with Gasteiger partial charge in [-0.15, -0.1) is 0 Å². The van der Waals surface area contributed by atoms with E-state index in [-0.39, 0.29) is 25.1 Å². The third-order valence-corrected chi connectivity index (χ3v) is 3.84. The Morgan fingerprint density at radius 3 is 2.74 bits per heavy atom. The number of pyridine rings is 1. The largest absolute Gasteiger partial charge is 0.481 e. The van der Waals surface area contributed by atoms with Crippen LogP contribution in [-0.2, 0) is 11.3 Å². The molecular formula is C16H23N3O4. The van der Waals surface area contributed by atoms with Crippen LogP contribution in [0.1, 0.15) is 37.7 Å². The molecule has 7 heteroatoms. The summed E-state index contributed by atoms with van der Waals surface area (Å²) >= 11 is 0. The molecule has 1 fully saturated rings. The number of ether oxygens (including phenoxy) is 1. The van der Waals surface area contributed by atoms with E-state index >= 15 is 0 Å². The van der Waals surface area contributed by atoms with Crippen molar-refractivity contribution >= 4 is 12.0 Å². The molecule has 0 aliphatic heterocycles. The fourth-order valence-electron chi connectivity index (χ4n) is 2.44. The van der Waals surface area contributed by atoms with E-state index in [0.29, 0.717) is 12.4 Å². The van der Waals surface area contributed by atoms with E-state index in [9.17, 15) is 9.59 Å². The average Bonchev–Trinajstić information content (AvgIpc) is 3.04. The minimum absolute atomic E-state index is 0.0708. The number of amides is 2. The first-order chi connectivity index (χ1) is 11.0. The first kappa shape index (κ1) is 17.1. The summed E-state index contributed by atoms with van der Waals surface area (Å²) in [6.07, 6.45) is 6.48. The molecule has 1 aliphatic carbocycles. The Morgan fingerprint density at radius 1 is 1.39 bits per heavy atom. The highest BCUT2D eigenvalue weighted by Crippen LogP contribution is 2.22. The predicted molar refractivity (Wildman–Crippen MR) is 84.2 cm³/mol. The molecule has 126 valence electrons. The van der Waals surface area contributed by atoms with Gasteiger partial charge in [0.15, 0.2) is 0 Å². The molecule has 1 saturated carbocycles. The smallest absolute Gasteiger partial charge is 0.317 e. The van der Waals surface area contributed by atoms with Crippen molar-refractivity contribution in [3.63, 3.8) is 0 Å². The van der Waals surface area contributed by atoms with Gasteiger partial charge >= 0.3 is 12.0 Å². The maximum atomic E-state index is 11.8. The van der Waals surface area contributed by atoms with Crippen LogP contribution in [0.2, 0.25) is 0 Å². The summed E-state index contributed by atoms with van der Waals surface area (Å²) in [6.45, 7) is 0.514. The lowest BCUT2D eigenvalue weighted by Crippen LogP contribution is -2.38. The van der Waals surface area contributed by atoms with Gasteiger partial charge in [0.2, 0.25) is 5.88 Å². The van der Waals surface area contributed by atoms with Crippen LogP contribution in [0, 0.1) is 0 Å². The molecule has 1 aromatic heterocycles. The first-order valence-electron chi connectivity index (χ1n) is 7.87. The van der Waals surface area contributed by atoms with Crippen molar-refractivity contribution < 1.29 is 19.4 Å². The summed E-state index contributed by atoms with van der Waals surface area (Å²) in [5.74, 6) is -0.308. The normalized spacial score (nSPS) is 14.5. The van der Waals surface area contributed by atoms with Crippen molar-refractivity contribution in [2.75, 3.05) is 13.6 Å². The van der Waals surface area contributed by atoms with Crippen LogP contribution < -0.4 is 10.1 Å². The van der Waals surface area contributed by atoms with E-state index < -0.39 is 5.97 Å². The second-order valence-corrected chi connectivity index (χ2v) is 5.75. The monoisotopic (exact) mass is 321 g/mol. The van der Waals surface area contributed by atoms with Gasteiger partial charge in [0.1, 0.15) is 6.10 Å². The number of carbonyl (C=O) groups is 2. The molecule has 2 N–H and O–H groups in total. The summed E-state index contributed by atoms with van der Waals surface area (Å²) in [5.41, 5.74) is 0.865. The number of carboxylic acid groups (broad SMARTS) is 1. The quantitative estimate of drug-likeness (QED) is 0.801. The zero-order valence-electron chi connectivity index (χ0n) is 13.3. The number of aromatic nitrogens is 1. The highest BCUT2D eigenvalue weighted by molar-refractivity contribution is 5.74. The SMILES string of the molecule is CN(CCC(=O)O)C(=O)NCc1ccc(OC2CCCC2)nc1. The Morgan fingerprint density at radius 2 is 2.13 bits per heavy atom. The van der Waals surface area contributed by atoms with Gasteiger partial charge in [-0.25, -0.2) is 9.78 Å². The van der Waals surface area contributed by atoms with E-state index in [0.717, 1.165) is 18.4 Å². The molecule has 7 nitrogen and oxygen atoms in total. The van der Waals surface area contributed by atoms with Gasteiger partial charge < -0.3 is 20.1 Å². The second-order valence-electron chi connectivity index (χ2n) is 5.75. The number of carboxylic acids is 1. The number of hydrogen-bond acceptors (Lipinski definition) is 4. The van der Waals surface area contributed by atoms with Crippen LogP contribution in [0.4, 0.5) is 4.79 Å². The molecule has 1 heterocycles. The number of aliphatic carboxylic acids is 1. The Hall–Kier alpha value is -2.31. The van der Waals surface area contributed by atoms with Crippen molar-refractivity contribution in [1.29, 1.82) is 0 Å². The van der Waals surface area contributed by atoms with Crippen LogP contribution in [0.25, 0.3) is 0 Å². The highest BCUT2D eigenvalue weighted by Gasteiger charge is 2.16. The summed E-state index contributed by atoms with van der Waals surface area (Å²) in [4.78, 5) is 27.9. The molecule has 0 radical (unpaired) electrons.